The average Bonchev–Trinajstić information content (AvgIpc) is 2.74. The van der Waals surface area contributed by atoms with E-state index in [1.807, 2.05) is 60.7 Å². The third-order valence-corrected chi connectivity index (χ3v) is 5.52. The Bertz CT molecular complexity index is 1020. The number of hydrogen-bond donors (Lipinski definition) is 2. The van der Waals surface area contributed by atoms with E-state index in [9.17, 15) is 13.2 Å². The van der Waals surface area contributed by atoms with E-state index >= 15 is 0 Å². The summed E-state index contributed by atoms with van der Waals surface area (Å²) in [7, 11) is -3.63. The van der Waals surface area contributed by atoms with Gasteiger partial charge in [-0.2, -0.15) is 0 Å². The van der Waals surface area contributed by atoms with Crippen molar-refractivity contribution in [2.75, 3.05) is 11.9 Å². The molecule has 0 aliphatic rings. The maximum Gasteiger partial charge on any atom is 0.240 e. The molecule has 1 amide bonds. The van der Waals surface area contributed by atoms with Crippen LogP contribution in [0.3, 0.4) is 0 Å². The molecular formula is C22H22N2O4S. The van der Waals surface area contributed by atoms with Gasteiger partial charge in [0.15, 0.2) is 0 Å². The standard InChI is InChI=1S/C22H22N2O4S/c25-22(15-16-28-20-9-5-2-6-10-20)24-19-11-13-21(14-12-19)29(26,27)23-17-18-7-3-1-4-8-18/h1-14,23H,15-17H2,(H,24,25). The number of sulfonamides is 1. The molecule has 2 N–H and O–H groups in total. The van der Waals surface area contributed by atoms with E-state index in [-0.39, 0.29) is 30.4 Å². The third kappa shape index (κ3) is 6.44. The summed E-state index contributed by atoms with van der Waals surface area (Å²) in [5.41, 5.74) is 1.40. The largest absolute Gasteiger partial charge is 0.493 e. The predicted octanol–water partition coefficient (Wildman–Crippen LogP) is 3.57. The van der Waals surface area contributed by atoms with Crippen LogP contribution in [0.4, 0.5) is 5.69 Å². The second-order valence-electron chi connectivity index (χ2n) is 6.29. The fraction of sp³-hybridized carbons (Fsp3) is 0.136. The van der Waals surface area contributed by atoms with Gasteiger partial charge in [0, 0.05) is 12.2 Å². The molecule has 7 heteroatoms. The fourth-order valence-corrected chi connectivity index (χ4v) is 3.59. The van der Waals surface area contributed by atoms with E-state index in [1.54, 1.807) is 12.1 Å². The van der Waals surface area contributed by atoms with E-state index in [4.69, 9.17) is 4.74 Å². The van der Waals surface area contributed by atoms with E-state index in [0.29, 0.717) is 11.4 Å². The number of hydrogen-bond acceptors (Lipinski definition) is 4. The Kier molecular flexibility index (Phi) is 6.99. The second kappa shape index (κ2) is 9.86. The Morgan fingerprint density at radius 1 is 0.828 bits per heavy atom. The highest BCUT2D eigenvalue weighted by molar-refractivity contribution is 7.89. The first-order valence-electron chi connectivity index (χ1n) is 9.14. The summed E-state index contributed by atoms with van der Waals surface area (Å²) in [6.07, 6.45) is 0.188. The van der Waals surface area contributed by atoms with E-state index in [0.717, 1.165) is 5.56 Å². The first-order valence-corrected chi connectivity index (χ1v) is 10.6. The molecule has 0 bridgehead atoms. The summed E-state index contributed by atoms with van der Waals surface area (Å²) < 4.78 is 32.9. The summed E-state index contributed by atoms with van der Waals surface area (Å²) in [5, 5.41) is 2.73. The summed E-state index contributed by atoms with van der Waals surface area (Å²) >= 11 is 0. The number of para-hydroxylation sites is 1. The van der Waals surface area contributed by atoms with Crippen LogP contribution in [0.5, 0.6) is 5.75 Å². The lowest BCUT2D eigenvalue weighted by Gasteiger charge is -2.09. The van der Waals surface area contributed by atoms with Crippen LogP contribution in [0, 0.1) is 0 Å². The smallest absolute Gasteiger partial charge is 0.240 e. The molecule has 0 spiro atoms. The lowest BCUT2D eigenvalue weighted by atomic mass is 10.2. The zero-order valence-electron chi connectivity index (χ0n) is 15.7. The number of rotatable bonds is 9. The first kappa shape index (κ1) is 20.6. The van der Waals surface area contributed by atoms with Gasteiger partial charge in [-0.05, 0) is 42.0 Å². The van der Waals surface area contributed by atoms with Gasteiger partial charge in [-0.3, -0.25) is 4.79 Å². The highest BCUT2D eigenvalue weighted by Gasteiger charge is 2.14. The van der Waals surface area contributed by atoms with Crippen LogP contribution in [0.15, 0.2) is 89.8 Å². The van der Waals surface area contributed by atoms with Crippen LogP contribution in [-0.2, 0) is 21.4 Å². The molecule has 0 radical (unpaired) electrons. The minimum atomic E-state index is -3.63. The molecule has 0 fully saturated rings. The van der Waals surface area contributed by atoms with Gasteiger partial charge in [-0.25, -0.2) is 13.1 Å². The highest BCUT2D eigenvalue weighted by Crippen LogP contribution is 2.15. The summed E-state index contributed by atoms with van der Waals surface area (Å²) in [6, 6.07) is 24.6. The van der Waals surface area contributed by atoms with Crippen LogP contribution in [0.1, 0.15) is 12.0 Å². The number of ether oxygens (including phenoxy) is 1. The first-order chi connectivity index (χ1) is 14.0. The van der Waals surface area contributed by atoms with Gasteiger partial charge in [-0.15, -0.1) is 0 Å². The van der Waals surface area contributed by atoms with E-state index in [2.05, 4.69) is 10.0 Å². The summed E-state index contributed by atoms with van der Waals surface area (Å²) in [4.78, 5) is 12.2. The molecule has 0 unspecified atom stereocenters. The van der Waals surface area contributed by atoms with Crippen molar-refractivity contribution in [3.8, 4) is 5.75 Å². The Morgan fingerprint density at radius 3 is 2.10 bits per heavy atom. The molecule has 3 aromatic carbocycles. The zero-order chi connectivity index (χ0) is 20.5. The Labute approximate surface area is 170 Å². The van der Waals surface area contributed by atoms with Gasteiger partial charge in [-0.1, -0.05) is 48.5 Å². The molecule has 0 aliphatic carbocycles. The van der Waals surface area contributed by atoms with Crippen molar-refractivity contribution in [3.63, 3.8) is 0 Å². The SMILES string of the molecule is O=C(CCOc1ccccc1)Nc1ccc(S(=O)(=O)NCc2ccccc2)cc1. The highest BCUT2D eigenvalue weighted by atomic mass is 32.2. The second-order valence-corrected chi connectivity index (χ2v) is 8.06. The van der Waals surface area contributed by atoms with Gasteiger partial charge in [0.25, 0.3) is 0 Å². The molecule has 150 valence electrons. The van der Waals surface area contributed by atoms with Gasteiger partial charge in [0.1, 0.15) is 5.75 Å². The van der Waals surface area contributed by atoms with Gasteiger partial charge in [0.05, 0.1) is 17.9 Å². The van der Waals surface area contributed by atoms with Crippen LogP contribution in [0.2, 0.25) is 0 Å². The molecule has 0 aromatic heterocycles. The molecule has 0 atom stereocenters. The van der Waals surface area contributed by atoms with E-state index < -0.39 is 10.0 Å². The van der Waals surface area contributed by atoms with E-state index in [1.165, 1.54) is 12.1 Å². The fourth-order valence-electron chi connectivity index (χ4n) is 2.58. The maximum absolute atomic E-state index is 12.4. The third-order valence-electron chi connectivity index (χ3n) is 4.10. The quantitative estimate of drug-likeness (QED) is 0.565. The van der Waals surface area contributed by atoms with Crippen molar-refractivity contribution < 1.29 is 17.9 Å². The number of anilines is 1. The molecule has 0 heterocycles. The zero-order valence-corrected chi connectivity index (χ0v) is 16.6. The van der Waals surface area contributed by atoms with Crippen LogP contribution in [0.25, 0.3) is 0 Å². The average molecular weight is 410 g/mol. The van der Waals surface area contributed by atoms with Crippen molar-refractivity contribution in [1.29, 1.82) is 0 Å². The maximum atomic E-state index is 12.4. The number of carbonyl (C=O) groups excluding carboxylic acids is 1. The Hall–Kier alpha value is -3.16. The summed E-state index contributed by atoms with van der Waals surface area (Å²) in [6.45, 7) is 0.467. The Morgan fingerprint density at radius 2 is 1.45 bits per heavy atom. The molecule has 29 heavy (non-hydrogen) atoms. The van der Waals surface area contributed by atoms with Crippen molar-refractivity contribution in [1.82, 2.24) is 4.72 Å². The molecular weight excluding hydrogens is 388 g/mol. The minimum absolute atomic E-state index is 0.138. The molecule has 0 saturated heterocycles. The molecule has 3 aromatic rings. The van der Waals surface area contributed by atoms with Gasteiger partial charge >= 0.3 is 0 Å². The van der Waals surface area contributed by atoms with Crippen molar-refractivity contribution in [3.05, 3.63) is 90.5 Å². The lowest BCUT2D eigenvalue weighted by molar-refractivity contribution is -0.116. The normalized spacial score (nSPS) is 11.0. The van der Waals surface area contributed by atoms with Crippen molar-refractivity contribution in [2.45, 2.75) is 17.9 Å². The minimum Gasteiger partial charge on any atom is -0.493 e. The molecule has 3 rings (SSSR count). The molecule has 0 saturated carbocycles. The molecule has 0 aliphatic heterocycles. The number of benzene rings is 3. The van der Waals surface area contributed by atoms with Crippen LogP contribution >= 0.6 is 0 Å². The number of carbonyl (C=O) groups is 1. The Balaban J connectivity index is 1.49. The van der Waals surface area contributed by atoms with Gasteiger partial charge in [0.2, 0.25) is 15.9 Å². The van der Waals surface area contributed by atoms with Crippen molar-refractivity contribution >= 4 is 21.6 Å². The van der Waals surface area contributed by atoms with Crippen molar-refractivity contribution in [2.24, 2.45) is 0 Å². The lowest BCUT2D eigenvalue weighted by Crippen LogP contribution is -2.23. The van der Waals surface area contributed by atoms with Gasteiger partial charge < -0.3 is 10.1 Å². The van der Waals surface area contributed by atoms with Crippen LogP contribution in [-0.4, -0.2) is 20.9 Å². The number of nitrogens with one attached hydrogen (secondary N) is 2. The number of amides is 1. The summed E-state index contributed by atoms with van der Waals surface area (Å²) in [5.74, 6) is 0.497. The van der Waals surface area contributed by atoms with Crippen LogP contribution < -0.4 is 14.8 Å². The monoisotopic (exact) mass is 410 g/mol. The predicted molar refractivity (Wildman–Crippen MR) is 112 cm³/mol. The molecule has 6 nitrogen and oxygen atoms in total. The topological polar surface area (TPSA) is 84.5 Å².